The number of aryl methyl sites for hydroxylation is 1. The highest BCUT2D eigenvalue weighted by Crippen LogP contribution is 2.22. The van der Waals surface area contributed by atoms with Crippen molar-refractivity contribution in [1.29, 1.82) is 0 Å². The molecule has 0 spiro atoms. The number of nitrogens with one attached hydrogen (secondary N) is 1. The maximum atomic E-state index is 12.3. The number of rotatable bonds is 5. The fourth-order valence-corrected chi connectivity index (χ4v) is 2.46. The second kappa shape index (κ2) is 7.44. The van der Waals surface area contributed by atoms with Crippen LogP contribution in [0.15, 0.2) is 47.4 Å². The summed E-state index contributed by atoms with van der Waals surface area (Å²) >= 11 is 5.89. The Morgan fingerprint density at radius 2 is 1.91 bits per heavy atom. The molecule has 1 aromatic carbocycles. The lowest BCUT2D eigenvalue weighted by atomic mass is 10.0. The molecule has 0 aliphatic carbocycles. The molecule has 0 saturated heterocycles. The molecule has 1 amide bonds. The van der Waals surface area contributed by atoms with E-state index in [9.17, 15) is 9.59 Å². The van der Waals surface area contributed by atoms with Gasteiger partial charge in [-0.1, -0.05) is 23.7 Å². The number of amides is 1. The summed E-state index contributed by atoms with van der Waals surface area (Å²) in [5.74, 6) is -0.314. The molecule has 2 aromatic rings. The molecule has 0 unspecified atom stereocenters. The first-order valence-corrected chi connectivity index (χ1v) is 7.56. The highest BCUT2D eigenvalue weighted by molar-refractivity contribution is 6.30. The molecule has 0 fully saturated rings. The van der Waals surface area contributed by atoms with Crippen molar-refractivity contribution in [1.82, 2.24) is 9.88 Å². The van der Waals surface area contributed by atoms with E-state index in [4.69, 9.17) is 16.3 Å². The molecule has 0 bridgehead atoms. The first-order valence-electron chi connectivity index (χ1n) is 7.18. The minimum Gasteiger partial charge on any atom is -0.375 e. The highest BCUT2D eigenvalue weighted by Gasteiger charge is 2.21. The minimum atomic E-state index is -0.317. The third-order valence-corrected chi connectivity index (χ3v) is 3.88. The summed E-state index contributed by atoms with van der Waals surface area (Å²) in [5, 5.41) is 3.50. The number of benzene rings is 1. The number of hydrogen-bond donors (Lipinski definition) is 1. The zero-order valence-corrected chi connectivity index (χ0v) is 14.0. The summed E-state index contributed by atoms with van der Waals surface area (Å²) in [7, 11) is 3.22. The Labute approximate surface area is 139 Å². The van der Waals surface area contributed by atoms with E-state index in [-0.39, 0.29) is 23.6 Å². The number of pyridine rings is 1. The predicted molar refractivity (Wildman–Crippen MR) is 89.8 cm³/mol. The zero-order chi connectivity index (χ0) is 17.0. The summed E-state index contributed by atoms with van der Waals surface area (Å²) < 4.78 is 6.90. The molecule has 1 heterocycles. The fraction of sp³-hybridized carbons (Fsp3) is 0.294. The van der Waals surface area contributed by atoms with E-state index in [1.54, 1.807) is 38.6 Å². The average Bonchev–Trinajstić information content (AvgIpc) is 2.52. The van der Waals surface area contributed by atoms with Crippen LogP contribution in [0.3, 0.4) is 0 Å². The third-order valence-electron chi connectivity index (χ3n) is 3.63. The smallest absolute Gasteiger partial charge is 0.251 e. The Bertz CT molecular complexity index is 740. The Hall–Kier alpha value is -2.11. The normalized spacial score (nSPS) is 13.4. The molecule has 122 valence electrons. The van der Waals surface area contributed by atoms with Crippen LogP contribution in [0.5, 0.6) is 0 Å². The third kappa shape index (κ3) is 4.21. The highest BCUT2D eigenvalue weighted by atomic mass is 35.5. The number of halogens is 1. The van der Waals surface area contributed by atoms with E-state index in [0.29, 0.717) is 10.6 Å². The SMILES string of the molecule is CO[C@H](c1ccc(Cl)cc1)[C@@H](C)NC(=O)c1ccn(C)c(=O)c1. The van der Waals surface area contributed by atoms with Crippen molar-refractivity contribution in [3.8, 4) is 0 Å². The fourth-order valence-electron chi connectivity index (χ4n) is 2.34. The van der Waals surface area contributed by atoms with Gasteiger partial charge in [0.05, 0.1) is 6.04 Å². The first-order chi connectivity index (χ1) is 10.9. The van der Waals surface area contributed by atoms with E-state index in [1.165, 1.54) is 10.6 Å². The molecule has 23 heavy (non-hydrogen) atoms. The summed E-state index contributed by atoms with van der Waals surface area (Å²) in [6.07, 6.45) is 1.25. The Kier molecular flexibility index (Phi) is 5.58. The van der Waals surface area contributed by atoms with Gasteiger partial charge in [-0.2, -0.15) is 0 Å². The quantitative estimate of drug-likeness (QED) is 0.914. The summed E-state index contributed by atoms with van der Waals surface area (Å²) in [6, 6.07) is 9.91. The number of carbonyl (C=O) groups excluding carboxylic acids is 1. The van der Waals surface area contributed by atoms with Crippen molar-refractivity contribution < 1.29 is 9.53 Å². The van der Waals surface area contributed by atoms with E-state index in [0.717, 1.165) is 5.56 Å². The van der Waals surface area contributed by atoms with Gasteiger partial charge in [0.25, 0.3) is 11.5 Å². The molecule has 0 saturated carbocycles. The summed E-state index contributed by atoms with van der Waals surface area (Å²) in [4.78, 5) is 23.9. The lowest BCUT2D eigenvalue weighted by molar-refractivity contribution is 0.0645. The van der Waals surface area contributed by atoms with Gasteiger partial charge in [-0.3, -0.25) is 9.59 Å². The van der Waals surface area contributed by atoms with E-state index >= 15 is 0 Å². The van der Waals surface area contributed by atoms with Crippen molar-refractivity contribution in [3.05, 3.63) is 69.1 Å². The van der Waals surface area contributed by atoms with Crippen molar-refractivity contribution >= 4 is 17.5 Å². The Balaban J connectivity index is 2.13. The second-order valence-corrected chi connectivity index (χ2v) is 5.77. The number of nitrogens with zero attached hydrogens (tertiary/aromatic N) is 1. The molecular formula is C17H19ClN2O3. The number of carbonyl (C=O) groups is 1. The van der Waals surface area contributed by atoms with E-state index in [1.807, 2.05) is 19.1 Å². The molecule has 0 aliphatic rings. The van der Waals surface area contributed by atoms with E-state index in [2.05, 4.69) is 5.32 Å². The van der Waals surface area contributed by atoms with Gasteiger partial charge >= 0.3 is 0 Å². The number of hydrogen-bond acceptors (Lipinski definition) is 3. The van der Waals surface area contributed by atoms with Gasteiger partial charge < -0.3 is 14.6 Å². The van der Waals surface area contributed by atoms with E-state index < -0.39 is 0 Å². The molecule has 6 heteroatoms. The molecule has 2 atom stereocenters. The molecule has 0 radical (unpaired) electrons. The van der Waals surface area contributed by atoms with Crippen LogP contribution in [-0.4, -0.2) is 23.6 Å². The van der Waals surface area contributed by atoms with Crippen molar-refractivity contribution in [2.75, 3.05) is 7.11 Å². The maximum Gasteiger partial charge on any atom is 0.251 e. The monoisotopic (exact) mass is 334 g/mol. The topological polar surface area (TPSA) is 60.3 Å². The second-order valence-electron chi connectivity index (χ2n) is 5.33. The van der Waals surface area contributed by atoms with Crippen LogP contribution in [0.4, 0.5) is 0 Å². The molecule has 1 N–H and O–H groups in total. The van der Waals surface area contributed by atoms with Crippen molar-refractivity contribution in [2.24, 2.45) is 7.05 Å². The van der Waals surface area contributed by atoms with Crippen molar-refractivity contribution in [3.63, 3.8) is 0 Å². The predicted octanol–water partition coefficient (Wildman–Crippen LogP) is 2.54. The van der Waals surface area contributed by atoms with Crippen LogP contribution >= 0.6 is 11.6 Å². The lowest BCUT2D eigenvalue weighted by Crippen LogP contribution is -2.38. The molecule has 0 aliphatic heterocycles. The van der Waals surface area contributed by atoms with Gasteiger partial charge in [0.2, 0.25) is 0 Å². The zero-order valence-electron chi connectivity index (χ0n) is 13.2. The first kappa shape index (κ1) is 17.2. The van der Waals surface area contributed by atoms with Gasteiger partial charge in [0.1, 0.15) is 6.10 Å². The van der Waals surface area contributed by atoms with Crippen LogP contribution in [0.1, 0.15) is 28.9 Å². The minimum absolute atomic E-state index is 0.230. The number of ether oxygens (including phenoxy) is 1. The molecule has 2 rings (SSSR count). The Morgan fingerprint density at radius 3 is 2.48 bits per heavy atom. The molecule has 5 nitrogen and oxygen atoms in total. The van der Waals surface area contributed by atoms with Crippen LogP contribution < -0.4 is 10.9 Å². The maximum absolute atomic E-state index is 12.3. The number of aromatic nitrogens is 1. The summed E-state index contributed by atoms with van der Waals surface area (Å²) in [5.41, 5.74) is 1.01. The van der Waals surface area contributed by atoms with Crippen LogP contribution in [0, 0.1) is 0 Å². The molecule has 1 aromatic heterocycles. The summed E-state index contributed by atoms with van der Waals surface area (Å²) in [6.45, 7) is 1.85. The largest absolute Gasteiger partial charge is 0.375 e. The average molecular weight is 335 g/mol. The van der Waals surface area contributed by atoms with Crippen LogP contribution in [0.25, 0.3) is 0 Å². The van der Waals surface area contributed by atoms with Gasteiger partial charge in [-0.25, -0.2) is 0 Å². The molecular weight excluding hydrogens is 316 g/mol. The standard InChI is InChI=1S/C17H19ClN2O3/c1-11(16(23-3)12-4-6-14(18)7-5-12)19-17(22)13-8-9-20(2)15(21)10-13/h4-11,16H,1-3H3,(H,19,22)/t11-,16+/m1/s1. The van der Waals surface area contributed by atoms with Gasteiger partial charge in [-0.05, 0) is 30.7 Å². The van der Waals surface area contributed by atoms with Crippen LogP contribution in [0.2, 0.25) is 5.02 Å². The van der Waals surface area contributed by atoms with Gasteiger partial charge in [-0.15, -0.1) is 0 Å². The van der Waals surface area contributed by atoms with Crippen molar-refractivity contribution in [2.45, 2.75) is 19.1 Å². The van der Waals surface area contributed by atoms with Crippen LogP contribution in [-0.2, 0) is 11.8 Å². The lowest BCUT2D eigenvalue weighted by Gasteiger charge is -2.24. The van der Waals surface area contributed by atoms with Gasteiger partial charge in [0, 0.05) is 37.0 Å². The number of methoxy groups -OCH3 is 1. The Morgan fingerprint density at radius 1 is 1.26 bits per heavy atom. The van der Waals surface area contributed by atoms with Gasteiger partial charge in [0.15, 0.2) is 0 Å².